The van der Waals surface area contributed by atoms with Crippen molar-refractivity contribution < 1.29 is 9.53 Å². The minimum Gasteiger partial charge on any atom is -0.377 e. The Morgan fingerprint density at radius 1 is 1.50 bits per heavy atom. The average molecular weight is 166 g/mol. The first-order chi connectivity index (χ1) is 5.87. The molecule has 0 aromatic carbocycles. The molecule has 2 rings (SSSR count). The summed E-state index contributed by atoms with van der Waals surface area (Å²) in [5.41, 5.74) is 1.26. The number of ether oxygens (including phenoxy) is 1. The second kappa shape index (κ2) is 3.02. The molecule has 1 fully saturated rings. The van der Waals surface area contributed by atoms with Crippen LogP contribution in [-0.2, 0) is 9.53 Å². The van der Waals surface area contributed by atoms with Crippen LogP contribution >= 0.6 is 0 Å². The summed E-state index contributed by atoms with van der Waals surface area (Å²) in [6.07, 6.45) is 7.52. The summed E-state index contributed by atoms with van der Waals surface area (Å²) < 4.78 is 5.22. The van der Waals surface area contributed by atoms with E-state index < -0.39 is 0 Å². The van der Waals surface area contributed by atoms with Crippen molar-refractivity contribution in [3.05, 3.63) is 11.6 Å². The highest BCUT2D eigenvalue weighted by atomic mass is 16.5. The molecular weight excluding hydrogens is 152 g/mol. The van der Waals surface area contributed by atoms with Crippen LogP contribution in [0.4, 0.5) is 0 Å². The highest BCUT2D eigenvalue weighted by Gasteiger charge is 2.40. The second-order valence-electron chi connectivity index (χ2n) is 3.68. The summed E-state index contributed by atoms with van der Waals surface area (Å²) in [5, 5.41) is 0. The van der Waals surface area contributed by atoms with Gasteiger partial charge in [-0.25, -0.2) is 0 Å². The molecule has 1 aliphatic heterocycles. The predicted octanol–water partition coefficient (Wildman–Crippen LogP) is 1.70. The average Bonchev–Trinajstić information content (AvgIpc) is 2.05. The van der Waals surface area contributed by atoms with E-state index in [2.05, 4.69) is 6.08 Å². The molecule has 2 heteroatoms. The van der Waals surface area contributed by atoms with Gasteiger partial charge in [0.15, 0.2) is 0 Å². The lowest BCUT2D eigenvalue weighted by Gasteiger charge is -2.40. The normalized spacial score (nSPS) is 27.2. The molecule has 0 amide bonds. The maximum Gasteiger partial charge on any atom is 0.130 e. The van der Waals surface area contributed by atoms with Gasteiger partial charge in [-0.3, -0.25) is 0 Å². The van der Waals surface area contributed by atoms with Gasteiger partial charge in [-0.15, -0.1) is 0 Å². The molecule has 1 heterocycles. The SMILES string of the molecule is O=CC1(C2=CCOCC2)CCC1. The first-order valence-corrected chi connectivity index (χ1v) is 4.61. The number of carbonyl (C=O) groups excluding carboxylic acids is 1. The van der Waals surface area contributed by atoms with E-state index in [-0.39, 0.29) is 5.41 Å². The van der Waals surface area contributed by atoms with Gasteiger partial charge < -0.3 is 9.53 Å². The van der Waals surface area contributed by atoms with Crippen LogP contribution < -0.4 is 0 Å². The van der Waals surface area contributed by atoms with E-state index in [4.69, 9.17) is 4.74 Å². The molecule has 0 spiro atoms. The van der Waals surface area contributed by atoms with Crippen LogP contribution in [0.25, 0.3) is 0 Å². The van der Waals surface area contributed by atoms with Crippen LogP contribution in [0.3, 0.4) is 0 Å². The zero-order chi connectivity index (χ0) is 8.44. The third-order valence-corrected chi connectivity index (χ3v) is 3.07. The Balaban J connectivity index is 2.14. The first-order valence-electron chi connectivity index (χ1n) is 4.61. The number of aldehydes is 1. The molecule has 0 unspecified atom stereocenters. The fourth-order valence-corrected chi connectivity index (χ4v) is 2.05. The summed E-state index contributed by atoms with van der Waals surface area (Å²) >= 11 is 0. The summed E-state index contributed by atoms with van der Waals surface area (Å²) in [5.74, 6) is 0. The molecule has 0 saturated heterocycles. The van der Waals surface area contributed by atoms with Gasteiger partial charge in [-0.2, -0.15) is 0 Å². The van der Waals surface area contributed by atoms with Crippen molar-refractivity contribution in [3.63, 3.8) is 0 Å². The molecular formula is C10H14O2. The molecule has 0 bridgehead atoms. The molecule has 2 nitrogen and oxygen atoms in total. The lowest BCUT2D eigenvalue weighted by molar-refractivity contribution is -0.118. The van der Waals surface area contributed by atoms with E-state index >= 15 is 0 Å². The van der Waals surface area contributed by atoms with Crippen LogP contribution in [0.5, 0.6) is 0 Å². The van der Waals surface area contributed by atoms with Crippen LogP contribution in [0.15, 0.2) is 11.6 Å². The monoisotopic (exact) mass is 166 g/mol. The van der Waals surface area contributed by atoms with Crippen molar-refractivity contribution in [2.45, 2.75) is 25.7 Å². The smallest absolute Gasteiger partial charge is 0.130 e. The Kier molecular flexibility index (Phi) is 2.01. The van der Waals surface area contributed by atoms with Crippen LogP contribution in [0.1, 0.15) is 25.7 Å². The van der Waals surface area contributed by atoms with Gasteiger partial charge in [0.05, 0.1) is 13.2 Å². The second-order valence-corrected chi connectivity index (χ2v) is 3.68. The standard InChI is InChI=1S/C10H14O2/c11-8-10(4-1-5-10)9-2-6-12-7-3-9/h2,8H,1,3-7H2. The number of rotatable bonds is 2. The molecule has 1 saturated carbocycles. The Morgan fingerprint density at radius 2 is 2.33 bits per heavy atom. The zero-order valence-corrected chi connectivity index (χ0v) is 7.21. The van der Waals surface area contributed by atoms with E-state index in [1.807, 2.05) is 0 Å². The summed E-state index contributed by atoms with van der Waals surface area (Å²) in [7, 11) is 0. The molecule has 0 aromatic rings. The van der Waals surface area contributed by atoms with E-state index in [1.165, 1.54) is 12.0 Å². The predicted molar refractivity (Wildman–Crippen MR) is 45.9 cm³/mol. The van der Waals surface area contributed by atoms with Gasteiger partial charge in [0.25, 0.3) is 0 Å². The topological polar surface area (TPSA) is 26.3 Å². The van der Waals surface area contributed by atoms with Gasteiger partial charge in [-0.05, 0) is 19.3 Å². The van der Waals surface area contributed by atoms with Crippen molar-refractivity contribution in [1.82, 2.24) is 0 Å². The Bertz CT molecular complexity index is 214. The van der Waals surface area contributed by atoms with Gasteiger partial charge in [0, 0.05) is 5.41 Å². The Morgan fingerprint density at radius 3 is 2.75 bits per heavy atom. The zero-order valence-electron chi connectivity index (χ0n) is 7.21. The summed E-state index contributed by atoms with van der Waals surface area (Å²) in [4.78, 5) is 10.9. The van der Waals surface area contributed by atoms with Crippen molar-refractivity contribution in [3.8, 4) is 0 Å². The highest BCUT2D eigenvalue weighted by molar-refractivity contribution is 5.66. The van der Waals surface area contributed by atoms with Crippen molar-refractivity contribution in [2.75, 3.05) is 13.2 Å². The van der Waals surface area contributed by atoms with E-state index in [0.29, 0.717) is 6.61 Å². The van der Waals surface area contributed by atoms with E-state index in [9.17, 15) is 4.79 Å². The minimum absolute atomic E-state index is 0.0657. The van der Waals surface area contributed by atoms with Gasteiger partial charge in [0.1, 0.15) is 6.29 Å². The summed E-state index contributed by atoms with van der Waals surface area (Å²) in [6.45, 7) is 1.49. The Labute approximate surface area is 72.6 Å². The fourth-order valence-electron chi connectivity index (χ4n) is 2.05. The number of carbonyl (C=O) groups is 1. The molecule has 66 valence electrons. The molecule has 0 atom stereocenters. The van der Waals surface area contributed by atoms with E-state index in [1.54, 1.807) is 0 Å². The Hall–Kier alpha value is -0.630. The lowest BCUT2D eigenvalue weighted by atomic mass is 9.64. The third-order valence-electron chi connectivity index (χ3n) is 3.07. The number of hydrogen-bond donors (Lipinski definition) is 0. The minimum atomic E-state index is -0.0657. The molecule has 0 N–H and O–H groups in total. The first kappa shape index (κ1) is 7.99. The highest BCUT2D eigenvalue weighted by Crippen LogP contribution is 2.46. The van der Waals surface area contributed by atoms with Crippen molar-refractivity contribution >= 4 is 6.29 Å². The summed E-state index contributed by atoms with van der Waals surface area (Å²) in [6, 6.07) is 0. The largest absolute Gasteiger partial charge is 0.377 e. The van der Waals surface area contributed by atoms with Crippen LogP contribution in [0.2, 0.25) is 0 Å². The molecule has 0 aromatic heterocycles. The molecule has 1 aliphatic carbocycles. The quantitative estimate of drug-likeness (QED) is 0.461. The van der Waals surface area contributed by atoms with Gasteiger partial charge in [0.2, 0.25) is 0 Å². The lowest BCUT2D eigenvalue weighted by Crippen LogP contribution is -2.34. The maximum atomic E-state index is 10.9. The molecule has 2 aliphatic rings. The van der Waals surface area contributed by atoms with Gasteiger partial charge >= 0.3 is 0 Å². The van der Waals surface area contributed by atoms with Crippen molar-refractivity contribution in [2.24, 2.45) is 5.41 Å². The number of hydrogen-bond acceptors (Lipinski definition) is 2. The van der Waals surface area contributed by atoms with Gasteiger partial charge in [-0.1, -0.05) is 18.1 Å². The van der Waals surface area contributed by atoms with E-state index in [0.717, 1.165) is 32.2 Å². The maximum absolute atomic E-state index is 10.9. The third kappa shape index (κ3) is 1.11. The molecule has 0 radical (unpaired) electrons. The fraction of sp³-hybridized carbons (Fsp3) is 0.700. The van der Waals surface area contributed by atoms with Crippen molar-refractivity contribution in [1.29, 1.82) is 0 Å². The molecule has 12 heavy (non-hydrogen) atoms. The van der Waals surface area contributed by atoms with Crippen LogP contribution in [0, 0.1) is 5.41 Å². The van der Waals surface area contributed by atoms with Crippen LogP contribution in [-0.4, -0.2) is 19.5 Å².